The van der Waals surface area contributed by atoms with Crippen molar-refractivity contribution in [2.24, 2.45) is 5.73 Å². The Kier molecular flexibility index (Phi) is 2.84. The predicted octanol–water partition coefficient (Wildman–Crippen LogP) is 0.829. The van der Waals surface area contributed by atoms with Gasteiger partial charge in [-0.05, 0) is 12.1 Å². The molecule has 0 amide bonds. The highest BCUT2D eigenvalue weighted by molar-refractivity contribution is 6.11. The normalized spacial score (nSPS) is 12.3. The number of hydrogen-bond acceptors (Lipinski definition) is 4. The third-order valence-electron chi connectivity index (χ3n) is 2.40. The molecule has 0 spiro atoms. The van der Waals surface area contributed by atoms with Crippen molar-refractivity contribution in [2.45, 2.75) is 6.04 Å². The van der Waals surface area contributed by atoms with E-state index in [0.29, 0.717) is 5.52 Å². The molecule has 5 nitrogen and oxygen atoms in total. The summed E-state index contributed by atoms with van der Waals surface area (Å²) in [5.74, 6) is -2.05. The van der Waals surface area contributed by atoms with Crippen LogP contribution in [0.4, 0.5) is 0 Å². The molecule has 1 heterocycles. The molecule has 0 aliphatic carbocycles. The molecule has 0 aliphatic heterocycles. The van der Waals surface area contributed by atoms with Crippen LogP contribution in [-0.4, -0.2) is 27.9 Å². The molecule has 86 valence electrons. The van der Waals surface area contributed by atoms with E-state index in [1.165, 1.54) is 6.07 Å². The van der Waals surface area contributed by atoms with Gasteiger partial charge in [0.15, 0.2) is 6.04 Å². The van der Waals surface area contributed by atoms with E-state index in [1.807, 2.05) is 12.1 Å². The third-order valence-corrected chi connectivity index (χ3v) is 2.40. The maximum Gasteiger partial charge on any atom is 0.328 e. The van der Waals surface area contributed by atoms with E-state index in [0.717, 1.165) is 5.39 Å². The van der Waals surface area contributed by atoms with Gasteiger partial charge in [-0.2, -0.15) is 0 Å². The largest absolute Gasteiger partial charge is 0.480 e. The Labute approximate surface area is 96.9 Å². The van der Waals surface area contributed by atoms with Crippen LogP contribution in [0.5, 0.6) is 0 Å². The van der Waals surface area contributed by atoms with E-state index in [9.17, 15) is 9.59 Å². The van der Waals surface area contributed by atoms with E-state index in [4.69, 9.17) is 10.8 Å². The Balaban J connectivity index is 2.43. The molecular weight excluding hydrogens is 220 g/mol. The van der Waals surface area contributed by atoms with Crippen molar-refractivity contribution in [1.29, 1.82) is 0 Å². The van der Waals surface area contributed by atoms with Gasteiger partial charge in [0.05, 0.1) is 5.52 Å². The predicted molar refractivity (Wildman–Crippen MR) is 61.7 cm³/mol. The molecule has 2 aromatic rings. The van der Waals surface area contributed by atoms with Crippen molar-refractivity contribution in [3.8, 4) is 0 Å². The molecular formula is C12H10N2O3. The molecule has 1 aromatic carbocycles. The highest BCUT2D eigenvalue weighted by Crippen LogP contribution is 2.12. The van der Waals surface area contributed by atoms with Crippen molar-refractivity contribution in [3.63, 3.8) is 0 Å². The van der Waals surface area contributed by atoms with Crippen LogP contribution in [0.25, 0.3) is 10.9 Å². The van der Waals surface area contributed by atoms with Gasteiger partial charge >= 0.3 is 5.97 Å². The fourth-order valence-corrected chi connectivity index (χ4v) is 1.47. The number of rotatable bonds is 3. The number of aliphatic carboxylic acids is 1. The van der Waals surface area contributed by atoms with Crippen molar-refractivity contribution in [2.75, 3.05) is 0 Å². The fourth-order valence-electron chi connectivity index (χ4n) is 1.47. The number of fused-ring (bicyclic) bond motifs is 1. The smallest absolute Gasteiger partial charge is 0.328 e. The van der Waals surface area contributed by atoms with Gasteiger partial charge in [-0.15, -0.1) is 0 Å². The molecule has 0 saturated heterocycles. The third kappa shape index (κ3) is 2.14. The molecule has 0 fully saturated rings. The van der Waals surface area contributed by atoms with Crippen LogP contribution < -0.4 is 5.73 Å². The van der Waals surface area contributed by atoms with Gasteiger partial charge in [-0.1, -0.05) is 24.3 Å². The molecule has 5 heteroatoms. The van der Waals surface area contributed by atoms with Crippen LogP contribution in [0.2, 0.25) is 0 Å². The molecule has 1 unspecified atom stereocenters. The van der Waals surface area contributed by atoms with Gasteiger partial charge in [0.2, 0.25) is 5.78 Å². The Morgan fingerprint density at radius 3 is 2.59 bits per heavy atom. The first-order valence-electron chi connectivity index (χ1n) is 4.98. The number of benzene rings is 1. The Bertz CT molecular complexity index is 595. The second kappa shape index (κ2) is 4.31. The number of hydrogen-bond donors (Lipinski definition) is 2. The lowest BCUT2D eigenvalue weighted by atomic mass is 10.1. The first-order chi connectivity index (χ1) is 8.09. The number of carbonyl (C=O) groups excluding carboxylic acids is 1. The average molecular weight is 230 g/mol. The monoisotopic (exact) mass is 230 g/mol. The summed E-state index contributed by atoms with van der Waals surface area (Å²) < 4.78 is 0. The van der Waals surface area contributed by atoms with Crippen molar-refractivity contribution >= 4 is 22.7 Å². The summed E-state index contributed by atoms with van der Waals surface area (Å²) in [6.45, 7) is 0. The van der Waals surface area contributed by atoms with E-state index >= 15 is 0 Å². The Morgan fingerprint density at radius 2 is 1.88 bits per heavy atom. The highest BCUT2D eigenvalue weighted by Gasteiger charge is 2.23. The minimum absolute atomic E-state index is 0.0681. The van der Waals surface area contributed by atoms with Crippen LogP contribution in [0.3, 0.4) is 0 Å². The fraction of sp³-hybridized carbons (Fsp3) is 0.0833. The summed E-state index contributed by atoms with van der Waals surface area (Å²) >= 11 is 0. The SMILES string of the molecule is NC(C(=O)O)C(=O)c1ccc2ccccc2n1. The lowest BCUT2D eigenvalue weighted by Crippen LogP contribution is -2.38. The maximum atomic E-state index is 11.7. The molecule has 1 aromatic heterocycles. The minimum atomic E-state index is -1.57. The molecule has 17 heavy (non-hydrogen) atoms. The quantitative estimate of drug-likeness (QED) is 0.601. The topological polar surface area (TPSA) is 93.3 Å². The van der Waals surface area contributed by atoms with Crippen LogP contribution >= 0.6 is 0 Å². The summed E-state index contributed by atoms with van der Waals surface area (Å²) in [6, 6.07) is 8.88. The molecule has 0 saturated carbocycles. The number of aromatic nitrogens is 1. The molecule has 2 rings (SSSR count). The average Bonchev–Trinajstić information content (AvgIpc) is 2.36. The maximum absolute atomic E-state index is 11.7. The van der Waals surface area contributed by atoms with Crippen LogP contribution in [0.15, 0.2) is 36.4 Å². The number of Topliss-reactive ketones (excluding diaryl/α,β-unsaturated/α-hetero) is 1. The number of carboxylic acids is 1. The number of pyridine rings is 1. The molecule has 0 bridgehead atoms. The van der Waals surface area contributed by atoms with Gasteiger partial charge in [0.25, 0.3) is 0 Å². The van der Waals surface area contributed by atoms with Crippen LogP contribution in [0.1, 0.15) is 10.5 Å². The number of carbonyl (C=O) groups is 2. The van der Waals surface area contributed by atoms with Crippen molar-refractivity contribution < 1.29 is 14.7 Å². The second-order valence-electron chi connectivity index (χ2n) is 3.57. The first-order valence-corrected chi connectivity index (χ1v) is 4.98. The number of nitrogens with zero attached hydrogens (tertiary/aromatic N) is 1. The zero-order chi connectivity index (χ0) is 12.4. The molecule has 1 atom stereocenters. The van der Waals surface area contributed by atoms with Crippen molar-refractivity contribution in [3.05, 3.63) is 42.1 Å². The minimum Gasteiger partial charge on any atom is -0.480 e. The first kappa shape index (κ1) is 11.2. The Hall–Kier alpha value is -2.27. The summed E-state index contributed by atoms with van der Waals surface area (Å²) in [5.41, 5.74) is 5.95. The van der Waals surface area contributed by atoms with E-state index in [2.05, 4.69) is 4.98 Å². The van der Waals surface area contributed by atoms with Crippen molar-refractivity contribution in [1.82, 2.24) is 4.98 Å². The lowest BCUT2D eigenvalue weighted by Gasteiger charge is -2.05. The zero-order valence-electron chi connectivity index (χ0n) is 8.83. The summed E-state index contributed by atoms with van der Waals surface area (Å²) in [6.07, 6.45) is 0. The number of ketones is 1. The van der Waals surface area contributed by atoms with Gasteiger partial charge in [0, 0.05) is 5.39 Å². The van der Waals surface area contributed by atoms with Gasteiger partial charge in [-0.3, -0.25) is 9.59 Å². The highest BCUT2D eigenvalue weighted by atomic mass is 16.4. The lowest BCUT2D eigenvalue weighted by molar-refractivity contribution is -0.137. The van der Waals surface area contributed by atoms with Gasteiger partial charge in [0.1, 0.15) is 5.69 Å². The van der Waals surface area contributed by atoms with Gasteiger partial charge in [-0.25, -0.2) is 4.98 Å². The Morgan fingerprint density at radius 1 is 1.18 bits per heavy atom. The molecule has 3 N–H and O–H groups in total. The summed E-state index contributed by atoms with van der Waals surface area (Å²) in [5, 5.41) is 9.54. The van der Waals surface area contributed by atoms with E-state index in [-0.39, 0.29) is 5.69 Å². The molecule has 0 aliphatic rings. The number of nitrogens with two attached hydrogens (primary N) is 1. The number of para-hydroxylation sites is 1. The zero-order valence-corrected chi connectivity index (χ0v) is 8.83. The van der Waals surface area contributed by atoms with Crippen LogP contribution in [0, 0.1) is 0 Å². The number of carboxylic acid groups (broad SMARTS) is 1. The van der Waals surface area contributed by atoms with Gasteiger partial charge < -0.3 is 10.8 Å². The molecule has 0 radical (unpaired) electrons. The second-order valence-corrected chi connectivity index (χ2v) is 3.57. The van der Waals surface area contributed by atoms with E-state index < -0.39 is 17.8 Å². The van der Waals surface area contributed by atoms with E-state index in [1.54, 1.807) is 18.2 Å². The standard InChI is InChI=1S/C12H10N2O3/c13-10(12(16)17)11(15)9-6-5-7-3-1-2-4-8(7)14-9/h1-6,10H,13H2,(H,16,17). The summed E-state index contributed by atoms with van der Waals surface area (Å²) in [7, 11) is 0. The summed E-state index contributed by atoms with van der Waals surface area (Å²) in [4.78, 5) is 26.4. The van der Waals surface area contributed by atoms with Crippen LogP contribution in [-0.2, 0) is 4.79 Å².